The predicted octanol–water partition coefficient (Wildman–Crippen LogP) is 0.346. The van der Waals surface area contributed by atoms with Gasteiger partial charge in [0.2, 0.25) is 5.91 Å². The number of rotatable bonds is 6. The standard InChI is InChI=1S/C10H17NO4/c1-11(7-8(12)13)9(14)10(3-4-10)5-6-15-2/h3-7H2,1-2H3,(H,12,13). The average Bonchev–Trinajstić information content (AvgIpc) is 2.93. The summed E-state index contributed by atoms with van der Waals surface area (Å²) >= 11 is 0. The molecular formula is C10H17NO4. The zero-order valence-corrected chi connectivity index (χ0v) is 9.15. The van der Waals surface area contributed by atoms with E-state index in [-0.39, 0.29) is 17.9 Å². The van der Waals surface area contributed by atoms with Crippen molar-refractivity contribution in [3.05, 3.63) is 0 Å². The minimum Gasteiger partial charge on any atom is -0.480 e. The third kappa shape index (κ3) is 2.92. The summed E-state index contributed by atoms with van der Waals surface area (Å²) in [6.45, 7) is 0.320. The van der Waals surface area contributed by atoms with Crippen LogP contribution in [0.1, 0.15) is 19.3 Å². The van der Waals surface area contributed by atoms with Crippen LogP contribution >= 0.6 is 0 Å². The molecule has 0 bridgehead atoms. The number of aliphatic carboxylic acids is 1. The van der Waals surface area contributed by atoms with E-state index in [0.717, 1.165) is 12.8 Å². The first-order chi connectivity index (χ1) is 7.02. The van der Waals surface area contributed by atoms with E-state index in [1.165, 1.54) is 11.9 Å². The average molecular weight is 215 g/mol. The molecule has 1 rings (SSSR count). The second-order valence-corrected chi connectivity index (χ2v) is 4.08. The number of carbonyl (C=O) groups is 2. The van der Waals surface area contributed by atoms with Gasteiger partial charge in [-0.05, 0) is 19.3 Å². The molecule has 1 amide bonds. The monoisotopic (exact) mass is 215 g/mol. The summed E-state index contributed by atoms with van der Waals surface area (Å²) < 4.78 is 4.94. The topological polar surface area (TPSA) is 66.8 Å². The number of methoxy groups -OCH3 is 1. The minimum atomic E-state index is -0.978. The Kier molecular flexibility index (Phi) is 3.68. The normalized spacial score (nSPS) is 17.2. The van der Waals surface area contributed by atoms with Gasteiger partial charge in [-0.25, -0.2) is 0 Å². The highest BCUT2D eigenvalue weighted by Crippen LogP contribution is 2.50. The Balaban J connectivity index is 2.48. The second-order valence-electron chi connectivity index (χ2n) is 4.08. The number of hydrogen-bond donors (Lipinski definition) is 1. The summed E-state index contributed by atoms with van der Waals surface area (Å²) in [6.07, 6.45) is 2.38. The third-order valence-corrected chi connectivity index (χ3v) is 2.81. The molecule has 15 heavy (non-hydrogen) atoms. The molecule has 0 saturated heterocycles. The van der Waals surface area contributed by atoms with Crippen molar-refractivity contribution in [1.29, 1.82) is 0 Å². The molecule has 5 nitrogen and oxygen atoms in total. The lowest BCUT2D eigenvalue weighted by Crippen LogP contribution is -2.38. The summed E-state index contributed by atoms with van der Waals surface area (Å²) in [4.78, 5) is 23.6. The van der Waals surface area contributed by atoms with Crippen LogP contribution in [0.2, 0.25) is 0 Å². The molecule has 0 aromatic rings. The molecule has 1 saturated carbocycles. The van der Waals surface area contributed by atoms with Gasteiger partial charge in [0.25, 0.3) is 0 Å². The van der Waals surface area contributed by atoms with Crippen LogP contribution in [-0.4, -0.2) is 49.2 Å². The summed E-state index contributed by atoms with van der Waals surface area (Å²) in [6, 6.07) is 0. The Morgan fingerprint density at radius 3 is 2.47 bits per heavy atom. The number of amides is 1. The third-order valence-electron chi connectivity index (χ3n) is 2.81. The van der Waals surface area contributed by atoms with Crippen LogP contribution < -0.4 is 0 Å². The van der Waals surface area contributed by atoms with Crippen molar-refractivity contribution in [2.45, 2.75) is 19.3 Å². The fourth-order valence-corrected chi connectivity index (χ4v) is 1.70. The first-order valence-electron chi connectivity index (χ1n) is 4.98. The number of likely N-dealkylation sites (N-methyl/N-ethyl adjacent to an activating group) is 1. The summed E-state index contributed by atoms with van der Waals surface area (Å²) in [5.41, 5.74) is -0.333. The molecule has 0 aromatic heterocycles. The van der Waals surface area contributed by atoms with E-state index in [1.54, 1.807) is 7.11 Å². The van der Waals surface area contributed by atoms with Crippen molar-refractivity contribution in [3.8, 4) is 0 Å². The molecule has 1 fully saturated rings. The number of hydrogen-bond acceptors (Lipinski definition) is 3. The molecule has 0 heterocycles. The van der Waals surface area contributed by atoms with E-state index in [2.05, 4.69) is 0 Å². The zero-order chi connectivity index (χ0) is 11.5. The van der Waals surface area contributed by atoms with Gasteiger partial charge in [-0.3, -0.25) is 9.59 Å². The lowest BCUT2D eigenvalue weighted by Gasteiger charge is -2.21. The van der Waals surface area contributed by atoms with Crippen LogP contribution in [0.5, 0.6) is 0 Å². The molecule has 0 aromatic carbocycles. The fourth-order valence-electron chi connectivity index (χ4n) is 1.70. The van der Waals surface area contributed by atoms with Gasteiger partial charge in [-0.15, -0.1) is 0 Å². The highest BCUT2D eigenvalue weighted by Gasteiger charge is 2.50. The quantitative estimate of drug-likeness (QED) is 0.694. The molecule has 1 N–H and O–H groups in total. The largest absolute Gasteiger partial charge is 0.480 e. The molecule has 0 aliphatic heterocycles. The molecule has 0 atom stereocenters. The van der Waals surface area contributed by atoms with Crippen LogP contribution in [0.4, 0.5) is 0 Å². The van der Waals surface area contributed by atoms with Crippen LogP contribution in [-0.2, 0) is 14.3 Å². The molecule has 0 radical (unpaired) electrons. The number of carboxylic acid groups (broad SMARTS) is 1. The lowest BCUT2D eigenvalue weighted by atomic mass is 10.0. The smallest absolute Gasteiger partial charge is 0.323 e. The maximum absolute atomic E-state index is 11.9. The number of carbonyl (C=O) groups excluding carboxylic acids is 1. The van der Waals surface area contributed by atoms with Crippen LogP contribution in [0.25, 0.3) is 0 Å². The van der Waals surface area contributed by atoms with Gasteiger partial charge < -0.3 is 14.7 Å². The van der Waals surface area contributed by atoms with Crippen LogP contribution in [0.15, 0.2) is 0 Å². The Morgan fingerprint density at radius 1 is 1.47 bits per heavy atom. The summed E-state index contributed by atoms with van der Waals surface area (Å²) in [7, 11) is 3.13. The number of nitrogens with zero attached hydrogens (tertiary/aromatic N) is 1. The molecular weight excluding hydrogens is 198 g/mol. The maximum Gasteiger partial charge on any atom is 0.323 e. The van der Waals surface area contributed by atoms with Gasteiger partial charge in [0.1, 0.15) is 6.54 Å². The van der Waals surface area contributed by atoms with Gasteiger partial charge in [-0.1, -0.05) is 0 Å². The van der Waals surface area contributed by atoms with E-state index < -0.39 is 5.97 Å². The molecule has 86 valence electrons. The molecule has 0 unspecified atom stereocenters. The van der Waals surface area contributed by atoms with Crippen LogP contribution in [0.3, 0.4) is 0 Å². The predicted molar refractivity (Wildman–Crippen MR) is 53.4 cm³/mol. The first-order valence-corrected chi connectivity index (χ1v) is 4.98. The first kappa shape index (κ1) is 12.0. The van der Waals surface area contributed by atoms with E-state index in [9.17, 15) is 9.59 Å². The van der Waals surface area contributed by atoms with Crippen molar-refractivity contribution >= 4 is 11.9 Å². The van der Waals surface area contributed by atoms with Crippen molar-refractivity contribution < 1.29 is 19.4 Å². The Hall–Kier alpha value is -1.10. The lowest BCUT2D eigenvalue weighted by molar-refractivity contribution is -0.146. The molecule has 0 spiro atoms. The highest BCUT2D eigenvalue weighted by molar-refractivity contribution is 5.87. The number of carboxylic acids is 1. The summed E-state index contributed by atoms with van der Waals surface area (Å²) in [5.74, 6) is -1.05. The molecule has 1 aliphatic rings. The van der Waals surface area contributed by atoms with Crippen LogP contribution in [0, 0.1) is 5.41 Å². The van der Waals surface area contributed by atoms with E-state index >= 15 is 0 Å². The van der Waals surface area contributed by atoms with E-state index in [4.69, 9.17) is 9.84 Å². The Morgan fingerprint density at radius 2 is 2.07 bits per heavy atom. The van der Waals surface area contributed by atoms with Crippen molar-refractivity contribution in [1.82, 2.24) is 4.90 Å². The van der Waals surface area contributed by atoms with E-state index in [1.807, 2.05) is 0 Å². The SMILES string of the molecule is COCCC1(C(=O)N(C)CC(=O)O)CC1. The zero-order valence-electron chi connectivity index (χ0n) is 9.15. The molecule has 1 aliphatic carbocycles. The Labute approximate surface area is 89.0 Å². The maximum atomic E-state index is 11.9. The van der Waals surface area contributed by atoms with Crippen molar-refractivity contribution in [3.63, 3.8) is 0 Å². The fraction of sp³-hybridized carbons (Fsp3) is 0.800. The summed E-state index contributed by atoms with van der Waals surface area (Å²) in [5, 5.41) is 8.58. The van der Waals surface area contributed by atoms with Crippen molar-refractivity contribution in [2.75, 3.05) is 27.3 Å². The van der Waals surface area contributed by atoms with Crippen molar-refractivity contribution in [2.24, 2.45) is 5.41 Å². The van der Waals surface area contributed by atoms with Gasteiger partial charge in [0, 0.05) is 20.8 Å². The van der Waals surface area contributed by atoms with Gasteiger partial charge >= 0.3 is 5.97 Å². The number of ether oxygens (including phenoxy) is 1. The van der Waals surface area contributed by atoms with Gasteiger partial charge in [0.05, 0.1) is 5.41 Å². The van der Waals surface area contributed by atoms with Gasteiger partial charge in [0.15, 0.2) is 0 Å². The van der Waals surface area contributed by atoms with E-state index in [0.29, 0.717) is 13.0 Å². The highest BCUT2D eigenvalue weighted by atomic mass is 16.5. The Bertz CT molecular complexity index is 260. The molecule has 5 heteroatoms. The second kappa shape index (κ2) is 4.61. The van der Waals surface area contributed by atoms with Gasteiger partial charge in [-0.2, -0.15) is 0 Å². The minimum absolute atomic E-state index is 0.0676.